The van der Waals surface area contributed by atoms with E-state index in [1.54, 1.807) is 24.3 Å². The van der Waals surface area contributed by atoms with Crippen LogP contribution < -0.4 is 10.1 Å². The summed E-state index contributed by atoms with van der Waals surface area (Å²) in [6.07, 6.45) is 0. The highest BCUT2D eigenvalue weighted by Gasteiger charge is 2.15. The van der Waals surface area contributed by atoms with Gasteiger partial charge in [0.2, 0.25) is 0 Å². The van der Waals surface area contributed by atoms with E-state index in [9.17, 15) is 14.9 Å². The van der Waals surface area contributed by atoms with E-state index in [0.717, 1.165) is 0 Å². The molecule has 0 aliphatic heterocycles. The third-order valence-corrected chi connectivity index (χ3v) is 3.09. The van der Waals surface area contributed by atoms with Crippen molar-refractivity contribution in [3.05, 3.63) is 63.2 Å². The molecule has 0 aromatic heterocycles. The van der Waals surface area contributed by atoms with Crippen LogP contribution in [0.4, 0.5) is 11.4 Å². The average molecular weight is 307 g/mol. The Balaban J connectivity index is 2.29. The Bertz CT molecular complexity index is 703. The van der Waals surface area contributed by atoms with Crippen LogP contribution in [0.15, 0.2) is 42.5 Å². The molecule has 0 atom stereocenters. The number of carbonyl (C=O) groups is 1. The highest BCUT2D eigenvalue weighted by atomic mass is 35.5. The van der Waals surface area contributed by atoms with E-state index in [2.05, 4.69) is 5.32 Å². The van der Waals surface area contributed by atoms with Crippen molar-refractivity contribution in [2.24, 2.45) is 0 Å². The molecule has 0 bridgehead atoms. The molecule has 0 aliphatic rings. The second-order valence-electron chi connectivity index (χ2n) is 4.08. The van der Waals surface area contributed by atoms with E-state index in [1.807, 2.05) is 0 Å². The number of non-ortho nitro benzene ring substituents is 1. The summed E-state index contributed by atoms with van der Waals surface area (Å²) in [6.45, 7) is 0. The molecule has 7 heteroatoms. The second-order valence-corrected chi connectivity index (χ2v) is 4.48. The van der Waals surface area contributed by atoms with Crippen LogP contribution in [0, 0.1) is 10.1 Å². The molecular weight excluding hydrogens is 296 g/mol. The molecule has 0 spiro atoms. The van der Waals surface area contributed by atoms with Gasteiger partial charge in [-0.3, -0.25) is 14.9 Å². The number of ether oxygens (including phenoxy) is 1. The first-order valence-corrected chi connectivity index (χ1v) is 6.29. The van der Waals surface area contributed by atoms with E-state index in [-0.39, 0.29) is 11.4 Å². The number of anilines is 1. The Labute approximate surface area is 125 Å². The minimum Gasteiger partial charge on any atom is -0.494 e. The van der Waals surface area contributed by atoms with E-state index in [0.29, 0.717) is 16.3 Å². The number of halogens is 1. The lowest BCUT2D eigenvalue weighted by Crippen LogP contribution is -2.13. The molecule has 6 nitrogen and oxygen atoms in total. The fourth-order valence-electron chi connectivity index (χ4n) is 1.73. The van der Waals surface area contributed by atoms with Crippen molar-refractivity contribution < 1.29 is 14.5 Å². The number of amides is 1. The maximum absolute atomic E-state index is 12.1. The van der Waals surface area contributed by atoms with Crippen molar-refractivity contribution in [2.75, 3.05) is 12.4 Å². The van der Waals surface area contributed by atoms with Crippen molar-refractivity contribution in [3.63, 3.8) is 0 Å². The van der Waals surface area contributed by atoms with Crippen molar-refractivity contribution in [3.8, 4) is 5.75 Å². The number of rotatable bonds is 4. The van der Waals surface area contributed by atoms with Crippen molar-refractivity contribution in [2.45, 2.75) is 0 Å². The molecule has 0 unspecified atom stereocenters. The minimum absolute atomic E-state index is 0.123. The van der Waals surface area contributed by atoms with Gasteiger partial charge in [0.05, 0.1) is 34.4 Å². The molecule has 108 valence electrons. The van der Waals surface area contributed by atoms with E-state index < -0.39 is 10.8 Å². The molecule has 2 aromatic rings. The summed E-state index contributed by atoms with van der Waals surface area (Å²) in [5, 5.41) is 13.6. The monoisotopic (exact) mass is 306 g/mol. The first-order chi connectivity index (χ1) is 10.0. The highest BCUT2D eigenvalue weighted by molar-refractivity contribution is 6.34. The van der Waals surface area contributed by atoms with Gasteiger partial charge in [-0.1, -0.05) is 23.7 Å². The van der Waals surface area contributed by atoms with Crippen molar-refractivity contribution >= 4 is 28.9 Å². The lowest BCUT2D eigenvalue weighted by atomic mass is 10.2. The zero-order valence-corrected chi connectivity index (χ0v) is 11.8. The van der Waals surface area contributed by atoms with Gasteiger partial charge in [0, 0.05) is 6.07 Å². The largest absolute Gasteiger partial charge is 0.494 e. The van der Waals surface area contributed by atoms with Gasteiger partial charge in [-0.05, 0) is 18.2 Å². The molecule has 0 fully saturated rings. The number of methoxy groups -OCH3 is 1. The topological polar surface area (TPSA) is 81.5 Å². The third-order valence-electron chi connectivity index (χ3n) is 2.76. The molecule has 0 saturated carbocycles. The maximum Gasteiger partial charge on any atom is 0.273 e. The molecule has 0 saturated heterocycles. The number of nitro groups is 1. The Morgan fingerprint density at radius 2 is 2.00 bits per heavy atom. The SMILES string of the molecule is COc1cc([N+](=O)[O-])ccc1NC(=O)c1ccccc1Cl. The summed E-state index contributed by atoms with van der Waals surface area (Å²) in [5.74, 6) is -0.225. The summed E-state index contributed by atoms with van der Waals surface area (Å²) < 4.78 is 5.05. The number of hydrogen-bond acceptors (Lipinski definition) is 4. The lowest BCUT2D eigenvalue weighted by Gasteiger charge is -2.10. The predicted molar refractivity (Wildman–Crippen MR) is 79.1 cm³/mol. The number of benzene rings is 2. The van der Waals surface area contributed by atoms with Crippen LogP contribution in [0.5, 0.6) is 5.75 Å². The summed E-state index contributed by atoms with van der Waals surface area (Å²) in [7, 11) is 1.37. The smallest absolute Gasteiger partial charge is 0.273 e. The number of nitro benzene ring substituents is 1. The lowest BCUT2D eigenvalue weighted by molar-refractivity contribution is -0.384. The Hall–Kier alpha value is -2.60. The Morgan fingerprint density at radius 1 is 1.29 bits per heavy atom. The molecule has 1 amide bonds. The van der Waals surface area contributed by atoms with Crippen LogP contribution in [0.3, 0.4) is 0 Å². The Morgan fingerprint density at radius 3 is 2.62 bits per heavy atom. The molecule has 0 radical (unpaired) electrons. The Kier molecular flexibility index (Phi) is 4.39. The first kappa shape index (κ1) is 14.8. The first-order valence-electron chi connectivity index (χ1n) is 5.91. The third kappa shape index (κ3) is 3.29. The normalized spacial score (nSPS) is 10.0. The molecule has 0 aliphatic carbocycles. The molecular formula is C14H11ClN2O4. The van der Waals surface area contributed by atoms with Crippen molar-refractivity contribution in [1.29, 1.82) is 0 Å². The molecule has 0 heterocycles. The van der Waals surface area contributed by atoms with Gasteiger partial charge in [0.25, 0.3) is 11.6 Å². The molecule has 1 N–H and O–H groups in total. The zero-order valence-electron chi connectivity index (χ0n) is 11.0. The van der Waals surface area contributed by atoms with Crippen LogP contribution in [-0.4, -0.2) is 17.9 Å². The van der Waals surface area contributed by atoms with E-state index >= 15 is 0 Å². The highest BCUT2D eigenvalue weighted by Crippen LogP contribution is 2.29. The van der Waals surface area contributed by atoms with Crippen LogP contribution in [-0.2, 0) is 0 Å². The van der Waals surface area contributed by atoms with Gasteiger partial charge in [0.15, 0.2) is 0 Å². The van der Waals surface area contributed by atoms with Gasteiger partial charge in [-0.15, -0.1) is 0 Å². The van der Waals surface area contributed by atoms with Crippen LogP contribution in [0.1, 0.15) is 10.4 Å². The van der Waals surface area contributed by atoms with Crippen molar-refractivity contribution in [1.82, 2.24) is 0 Å². The van der Waals surface area contributed by atoms with Gasteiger partial charge in [0.1, 0.15) is 5.75 Å². The van der Waals surface area contributed by atoms with Gasteiger partial charge in [-0.2, -0.15) is 0 Å². The number of nitrogens with one attached hydrogen (secondary N) is 1. The van der Waals surface area contributed by atoms with Crippen LogP contribution in [0.25, 0.3) is 0 Å². The fraction of sp³-hybridized carbons (Fsp3) is 0.0714. The molecule has 2 rings (SSSR count). The van der Waals surface area contributed by atoms with Gasteiger partial charge >= 0.3 is 0 Å². The maximum atomic E-state index is 12.1. The number of nitrogens with zero attached hydrogens (tertiary/aromatic N) is 1. The minimum atomic E-state index is -0.539. The van der Waals surface area contributed by atoms with Crippen LogP contribution in [0.2, 0.25) is 5.02 Å². The van der Waals surface area contributed by atoms with E-state index in [1.165, 1.54) is 25.3 Å². The zero-order chi connectivity index (χ0) is 15.4. The summed E-state index contributed by atoms with van der Waals surface area (Å²) in [4.78, 5) is 22.3. The van der Waals surface area contributed by atoms with E-state index in [4.69, 9.17) is 16.3 Å². The number of hydrogen-bond donors (Lipinski definition) is 1. The van der Waals surface area contributed by atoms with Gasteiger partial charge in [-0.25, -0.2) is 0 Å². The second kappa shape index (κ2) is 6.23. The number of carbonyl (C=O) groups excluding carboxylic acids is 1. The molecule has 2 aromatic carbocycles. The van der Waals surface area contributed by atoms with Crippen LogP contribution >= 0.6 is 11.6 Å². The quantitative estimate of drug-likeness (QED) is 0.692. The average Bonchev–Trinajstić information content (AvgIpc) is 2.47. The fourth-order valence-corrected chi connectivity index (χ4v) is 1.95. The summed E-state index contributed by atoms with van der Waals surface area (Å²) >= 11 is 5.94. The summed E-state index contributed by atoms with van der Waals surface area (Å²) in [6, 6.07) is 10.5. The van der Waals surface area contributed by atoms with Gasteiger partial charge < -0.3 is 10.1 Å². The standard InChI is InChI=1S/C14H11ClN2O4/c1-21-13-8-9(17(19)20)6-7-12(13)16-14(18)10-4-2-3-5-11(10)15/h2-8H,1H3,(H,16,18). The summed E-state index contributed by atoms with van der Waals surface area (Å²) in [5.41, 5.74) is 0.509. The predicted octanol–water partition coefficient (Wildman–Crippen LogP) is 3.51. The molecule has 21 heavy (non-hydrogen) atoms.